The van der Waals surface area contributed by atoms with Crippen molar-refractivity contribution in [2.24, 2.45) is 0 Å². The predicted molar refractivity (Wildman–Crippen MR) is 192 cm³/mol. The molecule has 8 N–H and O–H groups in total. The minimum Gasteiger partial charge on any atom is -0.494 e. The van der Waals surface area contributed by atoms with Crippen LogP contribution in [0.1, 0.15) is 64.2 Å². The summed E-state index contributed by atoms with van der Waals surface area (Å²) in [7, 11) is 0. The summed E-state index contributed by atoms with van der Waals surface area (Å²) in [5, 5.41) is 0. The van der Waals surface area contributed by atoms with Gasteiger partial charge < -0.3 is 41.9 Å². The van der Waals surface area contributed by atoms with Crippen molar-refractivity contribution in [3.63, 3.8) is 0 Å². The number of unbranched alkanes of at least 4 members (excludes halogenated alkanes) is 8. The first kappa shape index (κ1) is 35.8. The van der Waals surface area contributed by atoms with E-state index >= 15 is 0 Å². The highest BCUT2D eigenvalue weighted by atomic mass is 16.5. The Kier molecular flexibility index (Phi) is 17.0. The molecule has 46 heavy (non-hydrogen) atoms. The van der Waals surface area contributed by atoms with Crippen LogP contribution >= 0.6 is 0 Å². The normalized spacial score (nSPS) is 10.4. The fourth-order valence-electron chi connectivity index (χ4n) is 4.57. The van der Waals surface area contributed by atoms with Crippen LogP contribution in [0, 0.1) is 0 Å². The molecule has 0 fully saturated rings. The first-order chi connectivity index (χ1) is 22.5. The molecule has 0 saturated carbocycles. The third-order valence-corrected chi connectivity index (χ3v) is 7.13. The van der Waals surface area contributed by atoms with E-state index in [-0.39, 0.29) is 0 Å². The van der Waals surface area contributed by atoms with Gasteiger partial charge in [0.1, 0.15) is 23.0 Å². The molecule has 0 atom stereocenters. The number of nitrogen functional groups attached to an aromatic ring is 4. The summed E-state index contributed by atoms with van der Waals surface area (Å²) in [6.45, 7) is 2.99. The van der Waals surface area contributed by atoms with Crippen molar-refractivity contribution in [3.8, 4) is 23.0 Å². The van der Waals surface area contributed by atoms with Crippen LogP contribution in [0.2, 0.25) is 0 Å². The second kappa shape index (κ2) is 21.9. The highest BCUT2D eigenvalue weighted by Crippen LogP contribution is 2.18. The Labute approximate surface area is 275 Å². The standard InChI is InChI=1S/2C19H26N2O2/c20-16-6-10-18(11-7-16)22-14-4-2-1-3-5-15-23-19-12-8-17(21)9-13-19;20-16-8-6-10-18(14-16)22-12-4-2-1-3-5-13-23-19-11-7-9-17(21)15-19/h6-13H,1-5,14-15,20-21H2;6-11,14-15H,1-5,12-13,20-21H2. The molecule has 0 aliphatic carbocycles. The Morgan fingerprint density at radius 1 is 0.304 bits per heavy atom. The maximum atomic E-state index is 5.71. The number of hydrogen-bond acceptors (Lipinski definition) is 8. The summed E-state index contributed by atoms with van der Waals surface area (Å²) in [6, 6.07) is 30.2. The van der Waals surface area contributed by atoms with E-state index in [0.717, 1.165) is 97.9 Å². The molecule has 0 aromatic heterocycles. The molecule has 0 spiro atoms. The average Bonchev–Trinajstić information content (AvgIpc) is 3.05. The van der Waals surface area contributed by atoms with Crippen molar-refractivity contribution < 1.29 is 18.9 Å². The van der Waals surface area contributed by atoms with Crippen LogP contribution in [0.25, 0.3) is 0 Å². The Hall–Kier alpha value is -4.72. The van der Waals surface area contributed by atoms with Gasteiger partial charge in [0.2, 0.25) is 0 Å². The Bertz CT molecular complexity index is 1250. The Morgan fingerprint density at radius 3 is 0.935 bits per heavy atom. The summed E-state index contributed by atoms with van der Waals surface area (Å²) in [5.74, 6) is 3.47. The van der Waals surface area contributed by atoms with Crippen molar-refractivity contribution in [1.29, 1.82) is 0 Å². The molecule has 4 aromatic carbocycles. The van der Waals surface area contributed by atoms with Gasteiger partial charge in [-0.25, -0.2) is 0 Å². The van der Waals surface area contributed by atoms with Crippen LogP contribution < -0.4 is 41.9 Å². The van der Waals surface area contributed by atoms with E-state index < -0.39 is 0 Å². The van der Waals surface area contributed by atoms with Gasteiger partial charge in [0, 0.05) is 34.9 Å². The monoisotopic (exact) mass is 628 g/mol. The molecule has 0 heterocycles. The number of anilines is 4. The van der Waals surface area contributed by atoms with E-state index in [9.17, 15) is 0 Å². The molecule has 0 saturated heterocycles. The number of nitrogens with two attached hydrogens (primary N) is 4. The summed E-state index contributed by atoms with van der Waals surface area (Å²) in [4.78, 5) is 0. The van der Waals surface area contributed by atoms with Crippen LogP contribution in [0.3, 0.4) is 0 Å². The van der Waals surface area contributed by atoms with Gasteiger partial charge in [-0.05, 0) is 98.5 Å². The lowest BCUT2D eigenvalue weighted by Crippen LogP contribution is -1.99. The van der Waals surface area contributed by atoms with Crippen molar-refractivity contribution in [1.82, 2.24) is 0 Å². The molecule has 0 aliphatic heterocycles. The highest BCUT2D eigenvalue weighted by Gasteiger charge is 1.98. The maximum Gasteiger partial charge on any atom is 0.121 e. The molecular formula is C38H52N4O4. The molecule has 0 aliphatic rings. The summed E-state index contributed by atoms with van der Waals surface area (Å²) >= 11 is 0. The molecule has 8 nitrogen and oxygen atoms in total. The number of rotatable bonds is 20. The minimum absolute atomic E-state index is 0.739. The van der Waals surface area contributed by atoms with Gasteiger partial charge in [-0.15, -0.1) is 0 Å². The van der Waals surface area contributed by atoms with Crippen molar-refractivity contribution >= 4 is 22.7 Å². The molecule has 0 bridgehead atoms. The highest BCUT2D eigenvalue weighted by molar-refractivity contribution is 5.44. The van der Waals surface area contributed by atoms with Crippen LogP contribution in [0.4, 0.5) is 22.7 Å². The van der Waals surface area contributed by atoms with Gasteiger partial charge in [0.15, 0.2) is 0 Å². The SMILES string of the molecule is Nc1ccc(OCCCCCCCOc2ccc(N)cc2)cc1.Nc1cccc(OCCCCCCCOc2cccc(N)c2)c1. The molecule has 0 unspecified atom stereocenters. The topological polar surface area (TPSA) is 141 Å². The zero-order valence-electron chi connectivity index (χ0n) is 27.1. The van der Waals surface area contributed by atoms with Crippen LogP contribution in [0.5, 0.6) is 23.0 Å². The predicted octanol–water partition coefficient (Wildman–Crippen LogP) is 8.52. The quantitative estimate of drug-likeness (QED) is 0.0564. The van der Waals surface area contributed by atoms with E-state index in [2.05, 4.69) is 0 Å². The minimum atomic E-state index is 0.739. The molecule has 248 valence electrons. The van der Waals surface area contributed by atoms with Crippen molar-refractivity contribution in [2.45, 2.75) is 64.2 Å². The third kappa shape index (κ3) is 16.4. The second-order valence-corrected chi connectivity index (χ2v) is 11.2. The van der Waals surface area contributed by atoms with E-state index in [1.165, 1.54) is 38.5 Å². The van der Waals surface area contributed by atoms with Crippen LogP contribution in [-0.2, 0) is 0 Å². The van der Waals surface area contributed by atoms with Gasteiger partial charge in [-0.1, -0.05) is 50.7 Å². The van der Waals surface area contributed by atoms with E-state index in [4.69, 9.17) is 41.9 Å². The largest absolute Gasteiger partial charge is 0.494 e. The van der Waals surface area contributed by atoms with Gasteiger partial charge in [0.05, 0.1) is 26.4 Å². The van der Waals surface area contributed by atoms with Crippen LogP contribution in [0.15, 0.2) is 97.1 Å². The van der Waals surface area contributed by atoms with Crippen LogP contribution in [-0.4, -0.2) is 26.4 Å². The zero-order chi connectivity index (χ0) is 32.7. The van der Waals surface area contributed by atoms with Gasteiger partial charge in [-0.3, -0.25) is 0 Å². The van der Waals surface area contributed by atoms with Crippen molar-refractivity contribution in [3.05, 3.63) is 97.1 Å². The van der Waals surface area contributed by atoms with Crippen molar-refractivity contribution in [2.75, 3.05) is 49.4 Å². The van der Waals surface area contributed by atoms with E-state index in [0.29, 0.717) is 0 Å². The molecule has 0 radical (unpaired) electrons. The van der Waals surface area contributed by atoms with E-state index in [1.54, 1.807) is 0 Å². The molecule has 8 heteroatoms. The second-order valence-electron chi connectivity index (χ2n) is 11.2. The lowest BCUT2D eigenvalue weighted by molar-refractivity contribution is 0.293. The lowest BCUT2D eigenvalue weighted by atomic mass is 10.1. The maximum absolute atomic E-state index is 5.71. The summed E-state index contributed by atoms with van der Waals surface area (Å²) < 4.78 is 22.7. The number of hydrogen-bond donors (Lipinski definition) is 4. The molecule has 4 rings (SSSR count). The fourth-order valence-corrected chi connectivity index (χ4v) is 4.57. The summed E-state index contributed by atoms with van der Waals surface area (Å²) in [5.41, 5.74) is 25.7. The number of benzene rings is 4. The lowest BCUT2D eigenvalue weighted by Gasteiger charge is -2.08. The number of ether oxygens (including phenoxy) is 4. The van der Waals surface area contributed by atoms with Gasteiger partial charge in [-0.2, -0.15) is 0 Å². The first-order valence-electron chi connectivity index (χ1n) is 16.4. The molecule has 4 aromatic rings. The Balaban J connectivity index is 0.000000250. The molecule has 0 amide bonds. The third-order valence-electron chi connectivity index (χ3n) is 7.13. The molecular weight excluding hydrogens is 576 g/mol. The average molecular weight is 629 g/mol. The summed E-state index contributed by atoms with van der Waals surface area (Å²) in [6.07, 6.45) is 11.4. The van der Waals surface area contributed by atoms with Gasteiger partial charge in [0.25, 0.3) is 0 Å². The first-order valence-corrected chi connectivity index (χ1v) is 16.4. The van der Waals surface area contributed by atoms with E-state index in [1.807, 2.05) is 97.1 Å². The fraction of sp³-hybridized carbons (Fsp3) is 0.368. The van der Waals surface area contributed by atoms with Gasteiger partial charge >= 0.3 is 0 Å². The smallest absolute Gasteiger partial charge is 0.121 e. The zero-order valence-corrected chi connectivity index (χ0v) is 27.1. The Morgan fingerprint density at radius 2 is 0.609 bits per heavy atom.